The SMILES string of the molecule is C[C@H]1CCC[C@H](C)N1C(=O)COC(=O)c1cn(-c2ccccc2)nc1-c1ccccc1. The minimum absolute atomic E-state index is 0.148. The van der Waals surface area contributed by atoms with Crippen LogP contribution >= 0.6 is 0 Å². The monoisotopic (exact) mass is 417 g/mol. The summed E-state index contributed by atoms with van der Waals surface area (Å²) in [5.74, 6) is -0.698. The number of hydrogen-bond acceptors (Lipinski definition) is 4. The van der Waals surface area contributed by atoms with Crippen LogP contribution in [0.4, 0.5) is 0 Å². The fourth-order valence-electron chi connectivity index (χ4n) is 4.24. The molecule has 0 spiro atoms. The normalized spacial score (nSPS) is 18.6. The molecule has 0 saturated carbocycles. The van der Waals surface area contributed by atoms with Gasteiger partial charge in [0, 0.05) is 23.8 Å². The van der Waals surface area contributed by atoms with Gasteiger partial charge in [-0.15, -0.1) is 0 Å². The number of carbonyl (C=O) groups excluding carboxylic acids is 2. The molecular formula is C25H27N3O3. The van der Waals surface area contributed by atoms with Crippen molar-refractivity contribution >= 4 is 11.9 Å². The van der Waals surface area contributed by atoms with Crippen LogP contribution in [0.25, 0.3) is 16.9 Å². The van der Waals surface area contributed by atoms with Crippen molar-refractivity contribution in [1.29, 1.82) is 0 Å². The number of ether oxygens (including phenoxy) is 1. The zero-order chi connectivity index (χ0) is 21.8. The highest BCUT2D eigenvalue weighted by atomic mass is 16.5. The molecule has 3 aromatic rings. The third kappa shape index (κ3) is 4.53. The molecule has 4 rings (SSSR count). The van der Waals surface area contributed by atoms with Crippen LogP contribution in [-0.2, 0) is 9.53 Å². The molecule has 1 aliphatic heterocycles. The van der Waals surface area contributed by atoms with Crippen LogP contribution in [0.2, 0.25) is 0 Å². The average molecular weight is 418 g/mol. The Kier molecular flexibility index (Phi) is 6.16. The second-order valence-corrected chi connectivity index (χ2v) is 8.04. The number of benzene rings is 2. The lowest BCUT2D eigenvalue weighted by molar-refractivity contribution is -0.140. The second-order valence-electron chi connectivity index (χ2n) is 8.04. The Morgan fingerprint density at radius 1 is 0.968 bits per heavy atom. The summed E-state index contributed by atoms with van der Waals surface area (Å²) in [7, 11) is 0. The van der Waals surface area contributed by atoms with Crippen molar-refractivity contribution in [3.8, 4) is 16.9 Å². The van der Waals surface area contributed by atoms with E-state index in [9.17, 15) is 9.59 Å². The predicted molar refractivity (Wildman–Crippen MR) is 119 cm³/mol. The molecule has 6 nitrogen and oxygen atoms in total. The van der Waals surface area contributed by atoms with Crippen LogP contribution in [0.1, 0.15) is 43.5 Å². The standard InChI is InChI=1S/C25H27N3O3/c1-18-10-9-11-19(2)28(18)23(29)17-31-25(30)22-16-27(21-14-7-4-8-15-21)26-24(22)20-12-5-3-6-13-20/h3-8,12-16,18-19H,9-11,17H2,1-2H3/t18-,19-/m0/s1. The molecule has 160 valence electrons. The lowest BCUT2D eigenvalue weighted by Gasteiger charge is -2.38. The highest BCUT2D eigenvalue weighted by Crippen LogP contribution is 2.25. The summed E-state index contributed by atoms with van der Waals surface area (Å²) in [6.07, 6.45) is 4.74. The Morgan fingerprint density at radius 3 is 2.23 bits per heavy atom. The zero-order valence-electron chi connectivity index (χ0n) is 17.9. The quantitative estimate of drug-likeness (QED) is 0.574. The van der Waals surface area contributed by atoms with Gasteiger partial charge in [-0.1, -0.05) is 48.5 Å². The molecule has 0 radical (unpaired) electrons. The van der Waals surface area contributed by atoms with E-state index in [2.05, 4.69) is 5.10 Å². The van der Waals surface area contributed by atoms with Gasteiger partial charge in [-0.25, -0.2) is 9.48 Å². The molecule has 2 atom stereocenters. The first kappa shape index (κ1) is 20.8. The topological polar surface area (TPSA) is 64.4 Å². The first-order chi connectivity index (χ1) is 15.0. The molecule has 0 N–H and O–H groups in total. The van der Waals surface area contributed by atoms with Gasteiger partial charge in [-0.2, -0.15) is 5.10 Å². The first-order valence-electron chi connectivity index (χ1n) is 10.7. The number of likely N-dealkylation sites (tertiary alicyclic amines) is 1. The second kappa shape index (κ2) is 9.16. The smallest absolute Gasteiger partial charge is 0.342 e. The maximum absolute atomic E-state index is 13.0. The summed E-state index contributed by atoms with van der Waals surface area (Å²) < 4.78 is 7.13. The Balaban J connectivity index is 1.57. The minimum Gasteiger partial charge on any atom is -0.452 e. The van der Waals surface area contributed by atoms with E-state index in [0.717, 1.165) is 30.5 Å². The summed E-state index contributed by atoms with van der Waals surface area (Å²) in [4.78, 5) is 27.6. The number of nitrogens with zero attached hydrogens (tertiary/aromatic N) is 3. The Labute approximate surface area is 182 Å². The molecule has 2 aromatic carbocycles. The van der Waals surface area contributed by atoms with Crippen molar-refractivity contribution < 1.29 is 14.3 Å². The lowest BCUT2D eigenvalue weighted by atomic mass is 9.97. The lowest BCUT2D eigenvalue weighted by Crippen LogP contribution is -2.49. The van der Waals surface area contributed by atoms with Gasteiger partial charge in [0.2, 0.25) is 0 Å². The van der Waals surface area contributed by atoms with E-state index < -0.39 is 5.97 Å². The van der Waals surface area contributed by atoms with Crippen molar-refractivity contribution in [3.05, 3.63) is 72.4 Å². The molecular weight excluding hydrogens is 390 g/mol. The Morgan fingerprint density at radius 2 is 1.58 bits per heavy atom. The van der Waals surface area contributed by atoms with E-state index in [1.165, 1.54) is 0 Å². The van der Waals surface area contributed by atoms with Gasteiger partial charge in [-0.3, -0.25) is 4.79 Å². The number of piperidine rings is 1. The van der Waals surface area contributed by atoms with Crippen LogP contribution in [0.3, 0.4) is 0 Å². The molecule has 1 aliphatic rings. The molecule has 1 amide bonds. The van der Waals surface area contributed by atoms with Crippen LogP contribution in [0.5, 0.6) is 0 Å². The van der Waals surface area contributed by atoms with Crippen molar-refractivity contribution in [1.82, 2.24) is 14.7 Å². The minimum atomic E-state index is -0.549. The van der Waals surface area contributed by atoms with Gasteiger partial charge in [0.1, 0.15) is 11.3 Å². The number of hydrogen-bond donors (Lipinski definition) is 0. The van der Waals surface area contributed by atoms with Gasteiger partial charge in [0.05, 0.1) is 5.69 Å². The third-order valence-corrected chi connectivity index (χ3v) is 5.81. The fraction of sp³-hybridized carbons (Fsp3) is 0.320. The number of aromatic nitrogens is 2. The average Bonchev–Trinajstić information content (AvgIpc) is 3.24. The molecule has 1 aromatic heterocycles. The highest BCUT2D eigenvalue weighted by molar-refractivity contribution is 5.97. The number of rotatable bonds is 5. The molecule has 0 bridgehead atoms. The van der Waals surface area contributed by atoms with Crippen LogP contribution < -0.4 is 0 Å². The molecule has 31 heavy (non-hydrogen) atoms. The number of carbonyl (C=O) groups is 2. The van der Waals surface area contributed by atoms with Crippen LogP contribution in [0.15, 0.2) is 66.9 Å². The van der Waals surface area contributed by atoms with Gasteiger partial charge < -0.3 is 9.64 Å². The van der Waals surface area contributed by atoms with Crippen molar-refractivity contribution in [3.63, 3.8) is 0 Å². The van der Waals surface area contributed by atoms with Gasteiger partial charge in [-0.05, 0) is 45.2 Å². The molecule has 0 aliphatic carbocycles. The predicted octanol–water partition coefficient (Wildman–Crippen LogP) is 4.49. The maximum Gasteiger partial charge on any atom is 0.342 e. The van der Waals surface area contributed by atoms with Gasteiger partial charge >= 0.3 is 5.97 Å². The van der Waals surface area contributed by atoms with E-state index in [1.54, 1.807) is 10.9 Å². The zero-order valence-corrected chi connectivity index (χ0v) is 17.9. The highest BCUT2D eigenvalue weighted by Gasteiger charge is 2.30. The first-order valence-corrected chi connectivity index (χ1v) is 10.7. The summed E-state index contributed by atoms with van der Waals surface area (Å²) in [5.41, 5.74) is 2.52. The van der Waals surface area contributed by atoms with Crippen LogP contribution in [-0.4, -0.2) is 45.2 Å². The van der Waals surface area contributed by atoms with E-state index in [0.29, 0.717) is 11.3 Å². The van der Waals surface area contributed by atoms with Crippen LogP contribution in [0, 0.1) is 0 Å². The van der Waals surface area contributed by atoms with E-state index >= 15 is 0 Å². The number of amides is 1. The number of esters is 1. The largest absolute Gasteiger partial charge is 0.452 e. The molecule has 2 heterocycles. The van der Waals surface area contributed by atoms with Gasteiger partial charge in [0.25, 0.3) is 5.91 Å². The maximum atomic E-state index is 13.0. The molecule has 1 fully saturated rings. The summed E-state index contributed by atoms with van der Waals surface area (Å²) in [5, 5.41) is 4.63. The number of para-hydroxylation sites is 1. The van der Waals surface area contributed by atoms with E-state index in [4.69, 9.17) is 4.74 Å². The Hall–Kier alpha value is -3.41. The summed E-state index contributed by atoms with van der Waals surface area (Å²) in [6.45, 7) is 3.83. The van der Waals surface area contributed by atoms with Crippen molar-refractivity contribution in [2.45, 2.75) is 45.2 Å². The molecule has 0 unspecified atom stereocenters. The van der Waals surface area contributed by atoms with Crippen molar-refractivity contribution in [2.75, 3.05) is 6.61 Å². The fourth-order valence-corrected chi connectivity index (χ4v) is 4.24. The summed E-state index contributed by atoms with van der Waals surface area (Å²) >= 11 is 0. The third-order valence-electron chi connectivity index (χ3n) is 5.81. The summed E-state index contributed by atoms with van der Waals surface area (Å²) in [6, 6.07) is 19.4. The van der Waals surface area contributed by atoms with E-state index in [1.807, 2.05) is 79.4 Å². The Bertz CT molecular complexity index is 1040. The van der Waals surface area contributed by atoms with E-state index in [-0.39, 0.29) is 24.6 Å². The molecule has 6 heteroatoms. The van der Waals surface area contributed by atoms with Gasteiger partial charge in [0.15, 0.2) is 6.61 Å². The molecule has 1 saturated heterocycles. The van der Waals surface area contributed by atoms with Crippen molar-refractivity contribution in [2.24, 2.45) is 0 Å².